The second-order valence-electron chi connectivity index (χ2n) is 6.10. The molecule has 0 bridgehead atoms. The normalized spacial score (nSPS) is 19.7. The van der Waals surface area contributed by atoms with E-state index < -0.39 is 0 Å². The topological polar surface area (TPSA) is 74.3 Å². The second-order valence-corrected chi connectivity index (χ2v) is 6.10. The fourth-order valence-electron chi connectivity index (χ4n) is 3.19. The molecule has 1 saturated heterocycles. The Kier molecular flexibility index (Phi) is 5.28. The second kappa shape index (κ2) is 7.79. The number of amides is 2. The van der Waals surface area contributed by atoms with Crippen molar-refractivity contribution in [2.24, 2.45) is 5.92 Å². The summed E-state index contributed by atoms with van der Waals surface area (Å²) in [5.74, 6) is 0.319. The lowest BCUT2D eigenvalue weighted by atomic mass is 9.93. The van der Waals surface area contributed by atoms with Crippen LogP contribution in [0.15, 0.2) is 54.7 Å². The Morgan fingerprint density at radius 1 is 1.16 bits per heavy atom. The molecule has 6 nitrogen and oxygen atoms in total. The van der Waals surface area contributed by atoms with Crippen LogP contribution in [-0.2, 0) is 9.59 Å². The van der Waals surface area contributed by atoms with Gasteiger partial charge in [-0.15, -0.1) is 0 Å². The van der Waals surface area contributed by atoms with Gasteiger partial charge in [0.25, 0.3) is 0 Å². The number of likely N-dealkylation sites (tertiary alicyclic amines) is 1. The Hall–Kier alpha value is -2.89. The van der Waals surface area contributed by atoms with Gasteiger partial charge in [0.1, 0.15) is 5.82 Å². The number of pyridine rings is 1. The van der Waals surface area contributed by atoms with Crippen molar-refractivity contribution in [2.45, 2.75) is 12.5 Å². The van der Waals surface area contributed by atoms with E-state index in [4.69, 9.17) is 0 Å². The molecule has 1 fully saturated rings. The van der Waals surface area contributed by atoms with Gasteiger partial charge in [-0.2, -0.15) is 0 Å². The molecule has 1 aromatic carbocycles. The molecule has 2 atom stereocenters. The fraction of sp³-hybridized carbons (Fsp3) is 0.316. The van der Waals surface area contributed by atoms with E-state index in [0.29, 0.717) is 13.1 Å². The quantitative estimate of drug-likeness (QED) is 0.788. The van der Waals surface area contributed by atoms with Crippen LogP contribution in [-0.4, -0.2) is 41.8 Å². The third-order valence-corrected chi connectivity index (χ3v) is 4.46. The van der Waals surface area contributed by atoms with E-state index in [1.807, 2.05) is 48.5 Å². The van der Waals surface area contributed by atoms with Crippen LogP contribution >= 0.6 is 0 Å². The molecule has 0 spiro atoms. The van der Waals surface area contributed by atoms with Gasteiger partial charge in [0, 0.05) is 32.8 Å². The summed E-state index contributed by atoms with van der Waals surface area (Å²) in [7, 11) is 1.76. The van der Waals surface area contributed by atoms with Crippen molar-refractivity contribution < 1.29 is 9.59 Å². The standard InChI is InChI=1S/C19H22N4O2/c1-23-17(24)13-15(18(23)14-7-3-2-4-8-14)19(25)22-12-11-21-16-9-5-6-10-20-16/h2-10,15,18H,11-13H2,1H3,(H,20,21)(H,22,25)/t15-,18+/m1/s1. The maximum Gasteiger partial charge on any atom is 0.226 e. The highest BCUT2D eigenvalue weighted by Crippen LogP contribution is 2.36. The molecule has 2 N–H and O–H groups in total. The van der Waals surface area contributed by atoms with Crippen molar-refractivity contribution in [3.05, 3.63) is 60.3 Å². The third-order valence-electron chi connectivity index (χ3n) is 4.46. The molecule has 0 aliphatic carbocycles. The summed E-state index contributed by atoms with van der Waals surface area (Å²) in [4.78, 5) is 30.6. The number of rotatable bonds is 6. The van der Waals surface area contributed by atoms with Gasteiger partial charge in [0.05, 0.1) is 12.0 Å². The number of aromatic nitrogens is 1. The zero-order chi connectivity index (χ0) is 17.6. The summed E-state index contributed by atoms with van der Waals surface area (Å²) in [6.45, 7) is 1.06. The molecule has 2 amide bonds. The van der Waals surface area contributed by atoms with Crippen molar-refractivity contribution in [1.82, 2.24) is 15.2 Å². The summed E-state index contributed by atoms with van der Waals surface area (Å²) in [5.41, 5.74) is 0.989. The number of anilines is 1. The van der Waals surface area contributed by atoms with Gasteiger partial charge < -0.3 is 15.5 Å². The number of nitrogens with zero attached hydrogens (tertiary/aromatic N) is 2. The summed E-state index contributed by atoms with van der Waals surface area (Å²) in [6, 6.07) is 15.1. The summed E-state index contributed by atoms with van der Waals surface area (Å²) in [6.07, 6.45) is 1.96. The molecule has 2 heterocycles. The Morgan fingerprint density at radius 3 is 2.64 bits per heavy atom. The van der Waals surface area contributed by atoms with Crippen molar-refractivity contribution in [3.8, 4) is 0 Å². The van der Waals surface area contributed by atoms with Gasteiger partial charge in [-0.1, -0.05) is 36.4 Å². The van der Waals surface area contributed by atoms with Crippen LogP contribution in [0.25, 0.3) is 0 Å². The first-order valence-corrected chi connectivity index (χ1v) is 8.40. The van der Waals surface area contributed by atoms with E-state index >= 15 is 0 Å². The van der Waals surface area contributed by atoms with Crippen LogP contribution in [0.5, 0.6) is 0 Å². The number of hydrogen-bond acceptors (Lipinski definition) is 4. The van der Waals surface area contributed by atoms with E-state index in [1.54, 1.807) is 18.1 Å². The Balaban J connectivity index is 1.57. The fourth-order valence-corrected chi connectivity index (χ4v) is 3.19. The number of carbonyl (C=O) groups excluding carboxylic acids is 2. The number of benzene rings is 1. The lowest BCUT2D eigenvalue weighted by molar-refractivity contribution is -0.128. The highest BCUT2D eigenvalue weighted by Gasteiger charge is 2.42. The van der Waals surface area contributed by atoms with Crippen molar-refractivity contribution in [3.63, 3.8) is 0 Å². The lowest BCUT2D eigenvalue weighted by Gasteiger charge is -2.25. The first-order chi connectivity index (χ1) is 12.2. The third kappa shape index (κ3) is 3.96. The SMILES string of the molecule is CN1C(=O)C[C@@H](C(=O)NCCNc2ccccn2)[C@@H]1c1ccccc1. The van der Waals surface area contributed by atoms with Gasteiger partial charge in [0.15, 0.2) is 0 Å². The zero-order valence-corrected chi connectivity index (χ0v) is 14.2. The van der Waals surface area contributed by atoms with Gasteiger partial charge in [0.2, 0.25) is 11.8 Å². The highest BCUT2D eigenvalue weighted by atomic mass is 16.2. The average Bonchev–Trinajstić information content (AvgIpc) is 2.95. The van der Waals surface area contributed by atoms with Crippen molar-refractivity contribution in [2.75, 3.05) is 25.5 Å². The molecule has 0 radical (unpaired) electrons. The van der Waals surface area contributed by atoms with Crippen LogP contribution in [0.3, 0.4) is 0 Å². The summed E-state index contributed by atoms with van der Waals surface area (Å²) < 4.78 is 0. The largest absolute Gasteiger partial charge is 0.368 e. The molecule has 25 heavy (non-hydrogen) atoms. The number of nitrogens with one attached hydrogen (secondary N) is 2. The first kappa shape index (κ1) is 17.0. The molecule has 2 aromatic rings. The monoisotopic (exact) mass is 338 g/mol. The van der Waals surface area contributed by atoms with Gasteiger partial charge in [-0.25, -0.2) is 4.98 Å². The van der Waals surface area contributed by atoms with Crippen LogP contribution in [0.2, 0.25) is 0 Å². The Morgan fingerprint density at radius 2 is 1.92 bits per heavy atom. The van der Waals surface area contributed by atoms with E-state index in [-0.39, 0.29) is 30.2 Å². The molecule has 1 aromatic heterocycles. The molecule has 130 valence electrons. The van der Waals surface area contributed by atoms with E-state index in [1.165, 1.54) is 0 Å². The molecule has 0 saturated carbocycles. The molecule has 6 heteroatoms. The van der Waals surface area contributed by atoms with E-state index in [0.717, 1.165) is 11.4 Å². The first-order valence-electron chi connectivity index (χ1n) is 8.40. The smallest absolute Gasteiger partial charge is 0.226 e. The minimum absolute atomic E-state index is 0.000568. The number of hydrogen-bond donors (Lipinski definition) is 2. The zero-order valence-electron chi connectivity index (χ0n) is 14.2. The van der Waals surface area contributed by atoms with E-state index in [2.05, 4.69) is 15.6 Å². The van der Waals surface area contributed by atoms with Crippen LogP contribution in [0, 0.1) is 5.92 Å². The van der Waals surface area contributed by atoms with Gasteiger partial charge in [-0.3, -0.25) is 9.59 Å². The Labute approximate surface area is 147 Å². The van der Waals surface area contributed by atoms with Crippen molar-refractivity contribution >= 4 is 17.6 Å². The van der Waals surface area contributed by atoms with Crippen LogP contribution < -0.4 is 10.6 Å². The molecule has 3 rings (SSSR count). The predicted octanol–water partition coefficient (Wildman–Crippen LogP) is 1.83. The molecule has 1 aliphatic rings. The maximum atomic E-state index is 12.6. The van der Waals surface area contributed by atoms with Crippen LogP contribution in [0.1, 0.15) is 18.0 Å². The minimum Gasteiger partial charge on any atom is -0.368 e. The van der Waals surface area contributed by atoms with Crippen LogP contribution in [0.4, 0.5) is 5.82 Å². The number of carbonyl (C=O) groups is 2. The summed E-state index contributed by atoms with van der Waals surface area (Å²) in [5, 5.41) is 6.08. The van der Waals surface area contributed by atoms with E-state index in [9.17, 15) is 9.59 Å². The Bertz CT molecular complexity index is 721. The predicted molar refractivity (Wildman–Crippen MR) is 95.8 cm³/mol. The molecule has 0 unspecified atom stereocenters. The van der Waals surface area contributed by atoms with Crippen molar-refractivity contribution in [1.29, 1.82) is 0 Å². The summed E-state index contributed by atoms with van der Waals surface area (Å²) >= 11 is 0. The molecule has 1 aliphatic heterocycles. The minimum atomic E-state index is -0.366. The average molecular weight is 338 g/mol. The van der Waals surface area contributed by atoms with Gasteiger partial charge >= 0.3 is 0 Å². The lowest BCUT2D eigenvalue weighted by Crippen LogP contribution is -2.36. The van der Waals surface area contributed by atoms with Gasteiger partial charge in [-0.05, 0) is 17.7 Å². The molecular weight excluding hydrogens is 316 g/mol. The highest BCUT2D eigenvalue weighted by molar-refractivity contribution is 5.90. The maximum absolute atomic E-state index is 12.6. The molecular formula is C19H22N4O2.